The largest absolute Gasteiger partial charge is 0.367 e. The maximum atomic E-state index is 8.99. The molecule has 1 fully saturated rings. The third-order valence-corrected chi connectivity index (χ3v) is 2.58. The lowest BCUT2D eigenvalue weighted by Gasteiger charge is -2.36. The monoisotopic (exact) mass is 172 g/mol. The fraction of sp³-hybridized carbons (Fsp3) is 0.364. The van der Waals surface area contributed by atoms with Crippen molar-refractivity contribution >= 4 is 5.69 Å². The van der Waals surface area contributed by atoms with Gasteiger partial charge in [0.15, 0.2) is 0 Å². The highest BCUT2D eigenvalue weighted by Crippen LogP contribution is 2.34. The first kappa shape index (κ1) is 8.12. The quantitative estimate of drug-likeness (QED) is 0.744. The van der Waals surface area contributed by atoms with Crippen LogP contribution >= 0.6 is 0 Å². The zero-order chi connectivity index (χ0) is 9.15. The highest BCUT2D eigenvalue weighted by atomic mass is 15.0. The van der Waals surface area contributed by atoms with Gasteiger partial charge in [-0.05, 0) is 31.4 Å². The molecule has 1 aromatic carbocycles. The predicted octanol–water partition coefficient (Wildman–Crippen LogP) is 2.54. The second kappa shape index (κ2) is 3.10. The van der Waals surface area contributed by atoms with Crippen LogP contribution in [0.15, 0.2) is 30.3 Å². The first-order valence-electron chi connectivity index (χ1n) is 4.59. The molecule has 0 heterocycles. The SMILES string of the molecule is N#CC1(Nc2ccccc2)CCC1. The van der Waals surface area contributed by atoms with Crippen molar-refractivity contribution in [2.75, 3.05) is 5.32 Å². The van der Waals surface area contributed by atoms with Crippen molar-refractivity contribution in [3.8, 4) is 6.07 Å². The lowest BCUT2D eigenvalue weighted by Crippen LogP contribution is -2.43. The van der Waals surface area contributed by atoms with Crippen molar-refractivity contribution < 1.29 is 0 Å². The Morgan fingerprint density at radius 3 is 2.38 bits per heavy atom. The molecule has 0 aromatic heterocycles. The molecule has 0 aliphatic heterocycles. The molecular weight excluding hydrogens is 160 g/mol. The fourth-order valence-electron chi connectivity index (χ4n) is 1.59. The van der Waals surface area contributed by atoms with Gasteiger partial charge in [-0.2, -0.15) is 5.26 Å². The maximum absolute atomic E-state index is 8.99. The topological polar surface area (TPSA) is 35.8 Å². The molecule has 0 amide bonds. The summed E-state index contributed by atoms with van der Waals surface area (Å²) < 4.78 is 0. The van der Waals surface area contributed by atoms with Gasteiger partial charge in [-0.15, -0.1) is 0 Å². The van der Waals surface area contributed by atoms with Gasteiger partial charge in [-0.1, -0.05) is 18.2 Å². The average molecular weight is 172 g/mol. The van der Waals surface area contributed by atoms with Crippen LogP contribution in [0.3, 0.4) is 0 Å². The van der Waals surface area contributed by atoms with Crippen LogP contribution in [0, 0.1) is 11.3 Å². The Balaban J connectivity index is 2.10. The number of nitrogens with zero attached hydrogens (tertiary/aromatic N) is 1. The van der Waals surface area contributed by atoms with Gasteiger partial charge in [0, 0.05) is 5.69 Å². The molecular formula is C11H12N2. The van der Waals surface area contributed by atoms with Gasteiger partial charge >= 0.3 is 0 Å². The van der Waals surface area contributed by atoms with Crippen molar-refractivity contribution in [2.45, 2.75) is 24.8 Å². The summed E-state index contributed by atoms with van der Waals surface area (Å²) in [4.78, 5) is 0. The normalized spacial score (nSPS) is 18.4. The molecule has 0 atom stereocenters. The molecule has 2 heteroatoms. The van der Waals surface area contributed by atoms with Crippen LogP contribution in [0.4, 0.5) is 5.69 Å². The number of nitrogens with one attached hydrogen (secondary N) is 1. The third kappa shape index (κ3) is 1.50. The molecule has 0 saturated heterocycles. The summed E-state index contributed by atoms with van der Waals surface area (Å²) in [6.07, 6.45) is 3.10. The summed E-state index contributed by atoms with van der Waals surface area (Å²) in [5.41, 5.74) is 0.769. The van der Waals surface area contributed by atoms with Crippen LogP contribution < -0.4 is 5.32 Å². The van der Waals surface area contributed by atoms with E-state index in [0.29, 0.717) is 0 Å². The summed E-state index contributed by atoms with van der Waals surface area (Å²) in [7, 11) is 0. The minimum absolute atomic E-state index is 0.276. The summed E-state index contributed by atoms with van der Waals surface area (Å²) in [5, 5.41) is 12.3. The van der Waals surface area contributed by atoms with Gasteiger partial charge < -0.3 is 5.32 Å². The standard InChI is InChI=1S/C11H12N2/c12-9-11(7-4-8-11)13-10-5-2-1-3-6-10/h1-3,5-6,13H,4,7-8H2. The Kier molecular flexibility index (Phi) is 1.94. The van der Waals surface area contributed by atoms with E-state index in [1.807, 2.05) is 30.3 Å². The minimum Gasteiger partial charge on any atom is -0.367 e. The van der Waals surface area contributed by atoms with Gasteiger partial charge in [-0.3, -0.25) is 0 Å². The Bertz CT molecular complexity index is 320. The molecule has 1 aliphatic rings. The van der Waals surface area contributed by atoms with E-state index >= 15 is 0 Å². The van der Waals surface area contributed by atoms with E-state index in [4.69, 9.17) is 5.26 Å². The molecule has 1 N–H and O–H groups in total. The Labute approximate surface area is 78.2 Å². The number of hydrogen-bond donors (Lipinski definition) is 1. The third-order valence-electron chi connectivity index (χ3n) is 2.58. The van der Waals surface area contributed by atoms with Crippen LogP contribution in [0.5, 0.6) is 0 Å². The molecule has 0 unspecified atom stereocenters. The van der Waals surface area contributed by atoms with Crippen molar-refractivity contribution in [3.63, 3.8) is 0 Å². The van der Waals surface area contributed by atoms with E-state index in [1.54, 1.807) is 0 Å². The molecule has 2 rings (SSSR count). The predicted molar refractivity (Wildman–Crippen MR) is 52.3 cm³/mol. The Hall–Kier alpha value is -1.49. The van der Waals surface area contributed by atoms with Crippen LogP contribution in [0.25, 0.3) is 0 Å². The van der Waals surface area contributed by atoms with Gasteiger partial charge in [0.25, 0.3) is 0 Å². The van der Waals surface area contributed by atoms with Gasteiger partial charge in [-0.25, -0.2) is 0 Å². The number of para-hydroxylation sites is 1. The maximum Gasteiger partial charge on any atom is 0.125 e. The summed E-state index contributed by atoms with van der Waals surface area (Å²) >= 11 is 0. The van der Waals surface area contributed by atoms with Gasteiger partial charge in [0.1, 0.15) is 5.54 Å². The van der Waals surface area contributed by atoms with E-state index < -0.39 is 0 Å². The zero-order valence-electron chi connectivity index (χ0n) is 7.46. The molecule has 1 saturated carbocycles. The van der Waals surface area contributed by atoms with Gasteiger partial charge in [0.05, 0.1) is 6.07 Å². The molecule has 66 valence electrons. The second-order valence-electron chi connectivity index (χ2n) is 3.54. The van der Waals surface area contributed by atoms with Crippen LogP contribution in [-0.4, -0.2) is 5.54 Å². The van der Waals surface area contributed by atoms with Crippen LogP contribution in [-0.2, 0) is 0 Å². The number of hydrogen-bond acceptors (Lipinski definition) is 2. The summed E-state index contributed by atoms with van der Waals surface area (Å²) in [6.45, 7) is 0. The lowest BCUT2D eigenvalue weighted by molar-refractivity contribution is 0.356. The van der Waals surface area contributed by atoms with Crippen LogP contribution in [0.2, 0.25) is 0 Å². The summed E-state index contributed by atoms with van der Waals surface area (Å²) in [5.74, 6) is 0. The zero-order valence-corrected chi connectivity index (χ0v) is 7.46. The van der Waals surface area contributed by atoms with E-state index in [-0.39, 0.29) is 5.54 Å². The van der Waals surface area contributed by atoms with Crippen molar-refractivity contribution in [1.82, 2.24) is 0 Å². The molecule has 1 aliphatic carbocycles. The Morgan fingerprint density at radius 1 is 1.23 bits per heavy atom. The number of nitriles is 1. The number of benzene rings is 1. The summed E-state index contributed by atoms with van der Waals surface area (Å²) in [6, 6.07) is 12.3. The average Bonchev–Trinajstić information content (AvgIpc) is 2.13. The first-order valence-corrected chi connectivity index (χ1v) is 4.59. The number of anilines is 1. The van der Waals surface area contributed by atoms with E-state index in [0.717, 1.165) is 24.9 Å². The fourth-order valence-corrected chi connectivity index (χ4v) is 1.59. The Morgan fingerprint density at radius 2 is 1.92 bits per heavy atom. The van der Waals surface area contributed by atoms with Crippen molar-refractivity contribution in [2.24, 2.45) is 0 Å². The lowest BCUT2D eigenvalue weighted by atomic mass is 9.78. The second-order valence-corrected chi connectivity index (χ2v) is 3.54. The molecule has 1 aromatic rings. The molecule has 0 bridgehead atoms. The molecule has 2 nitrogen and oxygen atoms in total. The van der Waals surface area contributed by atoms with Crippen molar-refractivity contribution in [3.05, 3.63) is 30.3 Å². The molecule has 0 radical (unpaired) electrons. The first-order chi connectivity index (χ1) is 6.35. The molecule has 0 spiro atoms. The highest BCUT2D eigenvalue weighted by Gasteiger charge is 2.36. The van der Waals surface area contributed by atoms with Crippen LogP contribution in [0.1, 0.15) is 19.3 Å². The van der Waals surface area contributed by atoms with Gasteiger partial charge in [0.2, 0.25) is 0 Å². The highest BCUT2D eigenvalue weighted by molar-refractivity contribution is 5.48. The smallest absolute Gasteiger partial charge is 0.125 e. The molecule has 13 heavy (non-hydrogen) atoms. The van der Waals surface area contributed by atoms with E-state index in [9.17, 15) is 0 Å². The minimum atomic E-state index is -0.276. The van der Waals surface area contributed by atoms with E-state index in [1.165, 1.54) is 0 Å². The van der Waals surface area contributed by atoms with E-state index in [2.05, 4.69) is 11.4 Å². The number of rotatable bonds is 2. The van der Waals surface area contributed by atoms with Crippen molar-refractivity contribution in [1.29, 1.82) is 5.26 Å².